The average Bonchev–Trinajstić information content (AvgIpc) is 3.14. The number of hydrogen-bond acceptors (Lipinski definition) is 3. The van der Waals surface area contributed by atoms with Gasteiger partial charge in [0.1, 0.15) is 0 Å². The molecule has 0 aliphatic rings. The number of rotatable bonds is 5. The molecule has 4 rings (SSSR count). The number of hydrazine groups is 1. The van der Waals surface area contributed by atoms with E-state index in [1.54, 1.807) is 0 Å². The van der Waals surface area contributed by atoms with Gasteiger partial charge < -0.3 is 16.0 Å². The highest BCUT2D eigenvalue weighted by molar-refractivity contribution is 6.32. The van der Waals surface area contributed by atoms with Gasteiger partial charge >= 0.3 is 0 Å². The van der Waals surface area contributed by atoms with Gasteiger partial charge in [0.25, 0.3) is 0 Å². The third-order valence-corrected chi connectivity index (χ3v) is 5.18. The van der Waals surface area contributed by atoms with Gasteiger partial charge in [-0.15, -0.1) is 0 Å². The minimum absolute atomic E-state index is 0.208. The zero-order chi connectivity index (χ0) is 22.4. The van der Waals surface area contributed by atoms with Gasteiger partial charge in [0.2, 0.25) is 5.96 Å². The third kappa shape index (κ3) is 5.41. The first kappa shape index (κ1) is 22.7. The quantitative estimate of drug-likeness (QED) is 0.114. The molecule has 0 aliphatic carbocycles. The van der Waals surface area contributed by atoms with Crippen LogP contribution in [0, 0.1) is 0 Å². The molecule has 1 aromatic heterocycles. The lowest BCUT2D eigenvalue weighted by Crippen LogP contribution is -2.37. The minimum Gasteiger partial charge on any atom is -0.369 e. The highest BCUT2D eigenvalue weighted by Gasteiger charge is 2.11. The molecular formula is C23H26Cl2N6. The Morgan fingerprint density at radius 2 is 1.65 bits per heavy atom. The van der Waals surface area contributed by atoms with Gasteiger partial charge in [-0.2, -0.15) is 0 Å². The predicted molar refractivity (Wildman–Crippen MR) is 134 cm³/mol. The van der Waals surface area contributed by atoms with Crippen LogP contribution in [0.15, 0.2) is 59.6 Å². The molecule has 0 aliphatic heterocycles. The minimum atomic E-state index is 0.208. The van der Waals surface area contributed by atoms with Crippen molar-refractivity contribution in [2.24, 2.45) is 16.6 Å². The van der Waals surface area contributed by atoms with Crippen LogP contribution in [0.3, 0.4) is 0 Å². The van der Waals surface area contributed by atoms with Gasteiger partial charge in [0.05, 0.1) is 0 Å². The van der Waals surface area contributed by atoms with E-state index in [9.17, 15) is 0 Å². The summed E-state index contributed by atoms with van der Waals surface area (Å²) in [6.07, 6.45) is 0.690. The number of halogens is 2. The molecule has 0 amide bonds. The van der Waals surface area contributed by atoms with Crippen LogP contribution < -0.4 is 22.3 Å². The molecule has 31 heavy (non-hydrogen) atoms. The molecule has 6 nitrogen and oxygen atoms in total. The molecule has 0 atom stereocenters. The Balaban J connectivity index is 0.00000132. The van der Waals surface area contributed by atoms with E-state index in [-0.39, 0.29) is 5.96 Å². The number of aliphatic imine (C=N–C) groups is 1. The summed E-state index contributed by atoms with van der Waals surface area (Å²) in [6.45, 7) is 4.51. The number of aromatic amines is 1. The number of nitrogens with zero attached hydrogens (tertiary/aromatic N) is 1. The van der Waals surface area contributed by atoms with Gasteiger partial charge in [-0.1, -0.05) is 37.0 Å². The number of nitrogens with one attached hydrogen (secondary N) is 3. The molecule has 162 valence electrons. The molecule has 0 saturated heterocycles. The second kappa shape index (κ2) is 10.4. The van der Waals surface area contributed by atoms with Crippen LogP contribution in [0.2, 0.25) is 10.0 Å². The number of benzene rings is 3. The Hall–Kier alpha value is -2.93. The van der Waals surface area contributed by atoms with E-state index in [0.717, 1.165) is 38.7 Å². The van der Waals surface area contributed by atoms with Crippen molar-refractivity contribution in [3.63, 3.8) is 0 Å². The first-order chi connectivity index (χ1) is 15.0. The van der Waals surface area contributed by atoms with Crippen LogP contribution >= 0.6 is 23.2 Å². The fraction of sp³-hybridized carbons (Fsp3) is 0.174. The fourth-order valence-electron chi connectivity index (χ4n) is 3.36. The van der Waals surface area contributed by atoms with Crippen molar-refractivity contribution in [2.45, 2.75) is 20.3 Å². The maximum absolute atomic E-state index is 6.24. The van der Waals surface area contributed by atoms with E-state index in [1.807, 2.05) is 56.3 Å². The van der Waals surface area contributed by atoms with Crippen molar-refractivity contribution in [3.05, 3.63) is 70.2 Å². The van der Waals surface area contributed by atoms with Crippen LogP contribution in [-0.2, 0) is 6.42 Å². The summed E-state index contributed by atoms with van der Waals surface area (Å²) in [5, 5.41) is 7.00. The molecule has 3 aromatic carbocycles. The molecule has 0 bridgehead atoms. The molecular weight excluding hydrogens is 431 g/mol. The van der Waals surface area contributed by atoms with Crippen LogP contribution in [0.1, 0.15) is 19.4 Å². The Labute approximate surface area is 191 Å². The number of nitrogens with two attached hydrogens (primary N) is 2. The Morgan fingerprint density at radius 1 is 0.935 bits per heavy atom. The lowest BCUT2D eigenvalue weighted by Gasteiger charge is -2.10. The molecule has 0 radical (unpaired) electrons. The van der Waals surface area contributed by atoms with Crippen molar-refractivity contribution in [3.8, 4) is 0 Å². The van der Waals surface area contributed by atoms with Crippen LogP contribution in [0.4, 0.5) is 11.4 Å². The summed E-state index contributed by atoms with van der Waals surface area (Å²) >= 11 is 12.2. The molecule has 7 N–H and O–H groups in total. The lowest BCUT2D eigenvalue weighted by molar-refractivity contribution is 0.926. The van der Waals surface area contributed by atoms with Gasteiger partial charge in [0, 0.05) is 49.8 Å². The predicted octanol–water partition coefficient (Wildman–Crippen LogP) is 5.72. The number of anilines is 2. The molecule has 4 aromatic rings. The van der Waals surface area contributed by atoms with Gasteiger partial charge in [0.15, 0.2) is 0 Å². The maximum atomic E-state index is 6.24. The first-order valence-corrected chi connectivity index (χ1v) is 10.8. The lowest BCUT2D eigenvalue weighted by atomic mass is 10.0. The number of hydrogen-bond donors (Lipinski definition) is 5. The summed E-state index contributed by atoms with van der Waals surface area (Å²) in [7, 11) is 0. The maximum Gasteiger partial charge on any atom is 0.203 e. The summed E-state index contributed by atoms with van der Waals surface area (Å²) in [5.74, 6) is 5.49. The normalized spacial score (nSPS) is 11.3. The summed E-state index contributed by atoms with van der Waals surface area (Å²) < 4.78 is 0. The highest BCUT2D eigenvalue weighted by atomic mass is 35.5. The smallest absolute Gasteiger partial charge is 0.203 e. The van der Waals surface area contributed by atoms with Crippen LogP contribution in [-0.4, -0.2) is 17.5 Å². The Morgan fingerprint density at radius 3 is 2.35 bits per heavy atom. The Bertz CT molecular complexity index is 1200. The van der Waals surface area contributed by atoms with Gasteiger partial charge in [-0.3, -0.25) is 10.4 Å². The number of H-pyrrole nitrogens is 1. The second-order valence-corrected chi connectivity index (χ2v) is 7.54. The van der Waals surface area contributed by atoms with Crippen LogP contribution in [0.25, 0.3) is 21.8 Å². The summed E-state index contributed by atoms with van der Waals surface area (Å²) in [5.41, 5.74) is 13.1. The monoisotopic (exact) mass is 456 g/mol. The van der Waals surface area contributed by atoms with E-state index < -0.39 is 0 Å². The summed E-state index contributed by atoms with van der Waals surface area (Å²) in [6, 6.07) is 17.6. The Kier molecular flexibility index (Phi) is 7.63. The number of aromatic nitrogens is 1. The number of fused-ring (bicyclic) bond motifs is 3. The van der Waals surface area contributed by atoms with Crippen molar-refractivity contribution in [2.75, 3.05) is 11.9 Å². The molecule has 0 fully saturated rings. The van der Waals surface area contributed by atoms with E-state index in [4.69, 9.17) is 34.8 Å². The zero-order valence-corrected chi connectivity index (χ0v) is 19.0. The van der Waals surface area contributed by atoms with Gasteiger partial charge in [-0.05, 0) is 66.6 Å². The molecule has 1 heterocycles. The standard InChI is InChI=1S/C21H20Cl2N6.C2H6/c22-13-1-4-15(5-2-13)27-16-9-12(7-8-26-21(24)29-25)20-18(11-16)17-10-14(23)3-6-19(17)28-20;1-2/h1-6,9-11,27-28H,7-8,25H2,(H3,24,26,29);1-2H3. The van der Waals surface area contributed by atoms with Gasteiger partial charge in [-0.25, -0.2) is 5.84 Å². The zero-order valence-electron chi connectivity index (χ0n) is 17.5. The van der Waals surface area contributed by atoms with E-state index in [0.29, 0.717) is 23.0 Å². The van der Waals surface area contributed by atoms with E-state index in [1.165, 1.54) is 0 Å². The highest BCUT2D eigenvalue weighted by Crippen LogP contribution is 2.33. The van der Waals surface area contributed by atoms with Crippen molar-refractivity contribution in [1.29, 1.82) is 0 Å². The third-order valence-electron chi connectivity index (χ3n) is 4.70. The van der Waals surface area contributed by atoms with Crippen molar-refractivity contribution < 1.29 is 0 Å². The molecule has 0 unspecified atom stereocenters. The number of guanidine groups is 1. The second-order valence-electron chi connectivity index (χ2n) is 6.67. The molecule has 8 heteroatoms. The van der Waals surface area contributed by atoms with E-state index in [2.05, 4.69) is 32.9 Å². The fourth-order valence-corrected chi connectivity index (χ4v) is 3.65. The van der Waals surface area contributed by atoms with Crippen molar-refractivity contribution >= 4 is 62.3 Å². The molecule has 0 spiro atoms. The van der Waals surface area contributed by atoms with Crippen LogP contribution in [0.5, 0.6) is 0 Å². The molecule has 0 saturated carbocycles. The van der Waals surface area contributed by atoms with Crippen molar-refractivity contribution in [1.82, 2.24) is 10.4 Å². The summed E-state index contributed by atoms with van der Waals surface area (Å²) in [4.78, 5) is 7.72. The topological polar surface area (TPSA) is 104 Å². The largest absolute Gasteiger partial charge is 0.369 e. The first-order valence-electron chi connectivity index (χ1n) is 10.1. The SMILES string of the molecule is CC.NNC(N)=NCCc1cc(Nc2ccc(Cl)cc2)cc2c1[nH]c1ccc(Cl)cc12. The van der Waals surface area contributed by atoms with E-state index >= 15 is 0 Å². The average molecular weight is 457 g/mol.